The van der Waals surface area contributed by atoms with Crippen LogP contribution in [0, 0.1) is 11.2 Å². The van der Waals surface area contributed by atoms with Crippen molar-refractivity contribution in [2.24, 2.45) is 5.41 Å². The van der Waals surface area contributed by atoms with E-state index < -0.39 is 17.6 Å². The maximum Gasteiger partial charge on any atom is 0.254 e. The number of nitrogens with one attached hydrogen (secondary N) is 2. The number of Topliss-reactive ketones (excluding diaryl/α,β-unsaturated/α-hetero) is 1. The third kappa shape index (κ3) is 4.15. The summed E-state index contributed by atoms with van der Waals surface area (Å²) in [4.78, 5) is 26.6. The summed E-state index contributed by atoms with van der Waals surface area (Å²) in [5, 5.41) is 6.55. The molecule has 1 aliphatic carbocycles. The lowest BCUT2D eigenvalue weighted by Crippen LogP contribution is -2.39. The molecule has 4 nitrogen and oxygen atoms in total. The Morgan fingerprint density at radius 3 is 2.48 bits per heavy atom. The molecule has 0 aromatic heterocycles. The van der Waals surface area contributed by atoms with Crippen molar-refractivity contribution in [3.8, 4) is 0 Å². The summed E-state index contributed by atoms with van der Waals surface area (Å²) in [6, 6.07) is 13.2. The molecule has 160 valence electrons. The van der Waals surface area contributed by atoms with Crippen LogP contribution in [0.2, 0.25) is 5.02 Å². The van der Waals surface area contributed by atoms with Gasteiger partial charge in [-0.3, -0.25) is 9.59 Å². The molecule has 0 saturated heterocycles. The van der Waals surface area contributed by atoms with E-state index in [2.05, 4.69) is 24.5 Å². The second-order valence-electron chi connectivity index (χ2n) is 8.92. The molecule has 0 radical (unpaired) electrons. The number of dihydropyridines is 1. The largest absolute Gasteiger partial charge is 0.362 e. The van der Waals surface area contributed by atoms with Crippen molar-refractivity contribution in [2.45, 2.75) is 39.5 Å². The molecule has 0 fully saturated rings. The van der Waals surface area contributed by atoms with Gasteiger partial charge in [0.25, 0.3) is 5.91 Å². The summed E-state index contributed by atoms with van der Waals surface area (Å²) >= 11 is 6.08. The maximum absolute atomic E-state index is 14.2. The number of carbonyl (C=O) groups excluding carboxylic acids is 2. The average Bonchev–Trinajstić information content (AvgIpc) is 2.68. The third-order valence-electron chi connectivity index (χ3n) is 5.81. The Morgan fingerprint density at radius 2 is 1.81 bits per heavy atom. The second-order valence-corrected chi connectivity index (χ2v) is 9.35. The molecule has 0 spiro atoms. The van der Waals surface area contributed by atoms with E-state index in [4.69, 9.17) is 11.6 Å². The highest BCUT2D eigenvalue weighted by molar-refractivity contribution is 6.30. The molecule has 2 aromatic carbocycles. The van der Waals surface area contributed by atoms with Crippen molar-refractivity contribution < 1.29 is 14.0 Å². The van der Waals surface area contributed by atoms with Gasteiger partial charge in [0.05, 0.1) is 5.69 Å². The van der Waals surface area contributed by atoms with Crippen LogP contribution < -0.4 is 10.6 Å². The first-order valence-corrected chi connectivity index (χ1v) is 10.6. The lowest BCUT2D eigenvalue weighted by atomic mass is 9.68. The maximum atomic E-state index is 14.2. The predicted octanol–water partition coefficient (Wildman–Crippen LogP) is 5.72. The Labute approximate surface area is 186 Å². The zero-order valence-electron chi connectivity index (χ0n) is 17.7. The number of amides is 1. The molecule has 2 aromatic rings. The minimum Gasteiger partial charge on any atom is -0.362 e. The Bertz CT molecular complexity index is 1130. The van der Waals surface area contributed by atoms with Gasteiger partial charge in [0.15, 0.2) is 5.78 Å². The van der Waals surface area contributed by atoms with Gasteiger partial charge in [0.1, 0.15) is 5.82 Å². The first-order valence-electron chi connectivity index (χ1n) is 10.2. The van der Waals surface area contributed by atoms with Crippen molar-refractivity contribution in [1.82, 2.24) is 5.32 Å². The van der Waals surface area contributed by atoms with Gasteiger partial charge in [-0.05, 0) is 48.6 Å². The fraction of sp³-hybridized carbons (Fsp3) is 0.280. The predicted molar refractivity (Wildman–Crippen MR) is 120 cm³/mol. The fourth-order valence-corrected chi connectivity index (χ4v) is 4.60. The van der Waals surface area contributed by atoms with Gasteiger partial charge in [-0.2, -0.15) is 0 Å². The van der Waals surface area contributed by atoms with Crippen molar-refractivity contribution in [3.05, 3.63) is 87.5 Å². The number of benzene rings is 2. The van der Waals surface area contributed by atoms with E-state index in [9.17, 15) is 14.0 Å². The fourth-order valence-electron chi connectivity index (χ4n) is 4.48. The lowest BCUT2D eigenvalue weighted by molar-refractivity contribution is -0.118. The van der Waals surface area contributed by atoms with Crippen LogP contribution in [0.3, 0.4) is 0 Å². The highest BCUT2D eigenvalue weighted by Gasteiger charge is 2.42. The third-order valence-corrected chi connectivity index (χ3v) is 6.06. The molecule has 1 heterocycles. The van der Waals surface area contributed by atoms with Crippen LogP contribution >= 0.6 is 11.6 Å². The molecule has 0 unspecified atom stereocenters. The van der Waals surface area contributed by atoms with Gasteiger partial charge in [0.2, 0.25) is 0 Å². The van der Waals surface area contributed by atoms with Crippen LogP contribution in [0.1, 0.15) is 45.1 Å². The highest BCUT2D eigenvalue weighted by Crippen LogP contribution is 2.46. The topological polar surface area (TPSA) is 58.2 Å². The molecule has 4 rings (SSSR count). The van der Waals surface area contributed by atoms with Crippen molar-refractivity contribution in [2.75, 3.05) is 5.32 Å². The van der Waals surface area contributed by atoms with E-state index in [0.29, 0.717) is 34.7 Å². The van der Waals surface area contributed by atoms with E-state index in [1.165, 1.54) is 12.1 Å². The van der Waals surface area contributed by atoms with Crippen LogP contribution in [0.4, 0.5) is 10.1 Å². The molecule has 31 heavy (non-hydrogen) atoms. The zero-order valence-corrected chi connectivity index (χ0v) is 18.4. The number of allylic oxidation sites excluding steroid dienone is 3. The van der Waals surface area contributed by atoms with Crippen molar-refractivity contribution in [1.29, 1.82) is 0 Å². The first kappa shape index (κ1) is 21.3. The van der Waals surface area contributed by atoms with Gasteiger partial charge < -0.3 is 10.6 Å². The molecule has 2 aliphatic rings. The normalized spacial score (nSPS) is 20.3. The van der Waals surface area contributed by atoms with Crippen LogP contribution in [0.25, 0.3) is 0 Å². The molecule has 6 heteroatoms. The highest BCUT2D eigenvalue weighted by atomic mass is 35.5. The monoisotopic (exact) mass is 438 g/mol. The quantitative estimate of drug-likeness (QED) is 0.644. The number of para-hydroxylation sites is 1. The number of halogens is 2. The molecule has 0 bridgehead atoms. The number of rotatable bonds is 3. The van der Waals surface area contributed by atoms with Crippen LogP contribution in [0.15, 0.2) is 71.1 Å². The smallest absolute Gasteiger partial charge is 0.254 e. The van der Waals surface area contributed by atoms with Crippen molar-refractivity contribution >= 4 is 29.0 Å². The minimum atomic E-state index is -0.552. The van der Waals surface area contributed by atoms with Crippen LogP contribution in [-0.2, 0) is 9.59 Å². The summed E-state index contributed by atoms with van der Waals surface area (Å²) in [6.07, 6.45) is 1.11. The lowest BCUT2D eigenvalue weighted by Gasteiger charge is -2.39. The SMILES string of the molecule is CC1=C(C(=O)Nc2ccccc2F)[C@@H](c2ccc(Cl)cc2)C2=C(CC(C)(C)CC2=O)N1. The minimum absolute atomic E-state index is 0.0161. The van der Waals surface area contributed by atoms with Gasteiger partial charge in [-0.25, -0.2) is 4.39 Å². The summed E-state index contributed by atoms with van der Waals surface area (Å²) in [5.74, 6) is -1.50. The molecule has 2 N–H and O–H groups in total. The Balaban J connectivity index is 1.81. The van der Waals surface area contributed by atoms with Gasteiger partial charge in [-0.1, -0.05) is 49.7 Å². The standard InChI is InChI=1S/C25H24ClFN2O2/c1-14-21(24(31)29-18-7-5-4-6-17(18)27)22(15-8-10-16(26)11-9-15)23-19(28-14)12-25(2,3)13-20(23)30/h4-11,22,28H,12-13H2,1-3H3,(H,29,31)/t22-/m1/s1. The first-order chi connectivity index (χ1) is 14.7. The number of anilines is 1. The molecule has 1 atom stereocenters. The van der Waals surface area contributed by atoms with Gasteiger partial charge in [-0.15, -0.1) is 0 Å². The summed E-state index contributed by atoms with van der Waals surface area (Å²) in [7, 11) is 0. The number of ketones is 1. The number of hydrogen-bond acceptors (Lipinski definition) is 3. The van der Waals surface area contributed by atoms with E-state index in [0.717, 1.165) is 11.3 Å². The van der Waals surface area contributed by atoms with E-state index in [1.807, 2.05) is 19.1 Å². The summed E-state index contributed by atoms with van der Waals surface area (Å²) < 4.78 is 14.2. The summed E-state index contributed by atoms with van der Waals surface area (Å²) in [6.45, 7) is 5.94. The molecular formula is C25H24ClFN2O2. The van der Waals surface area contributed by atoms with E-state index in [-0.39, 0.29) is 16.9 Å². The van der Waals surface area contributed by atoms with Crippen molar-refractivity contribution in [3.63, 3.8) is 0 Å². The zero-order chi connectivity index (χ0) is 22.3. The Morgan fingerprint density at radius 1 is 1.13 bits per heavy atom. The number of hydrogen-bond donors (Lipinski definition) is 2. The number of carbonyl (C=O) groups is 2. The Hall–Kier alpha value is -2.92. The molecule has 1 aliphatic heterocycles. The second kappa shape index (κ2) is 7.97. The molecule has 1 amide bonds. The van der Waals surface area contributed by atoms with Gasteiger partial charge in [0, 0.05) is 39.9 Å². The van der Waals surface area contributed by atoms with Crippen LogP contribution in [0.5, 0.6) is 0 Å². The van der Waals surface area contributed by atoms with E-state index in [1.54, 1.807) is 24.3 Å². The molecular weight excluding hydrogens is 415 g/mol. The molecule has 0 saturated carbocycles. The average molecular weight is 439 g/mol. The Kier molecular flexibility index (Phi) is 5.48. The summed E-state index contributed by atoms with van der Waals surface area (Å²) in [5.41, 5.74) is 3.23. The van der Waals surface area contributed by atoms with E-state index >= 15 is 0 Å². The van der Waals surface area contributed by atoms with Crippen LogP contribution in [-0.4, -0.2) is 11.7 Å². The van der Waals surface area contributed by atoms with Gasteiger partial charge >= 0.3 is 0 Å².